The van der Waals surface area contributed by atoms with Crippen molar-refractivity contribution in [3.05, 3.63) is 0 Å². The fourth-order valence-corrected chi connectivity index (χ4v) is 7.41. The Morgan fingerprint density at radius 1 is 1.27 bits per heavy atom. The minimum atomic E-state index is -3.15. The molecular formula is C21H40FN7O3S. The van der Waals surface area contributed by atoms with Crippen molar-refractivity contribution in [1.82, 2.24) is 31.3 Å². The molecule has 0 radical (unpaired) electrons. The van der Waals surface area contributed by atoms with Crippen molar-refractivity contribution in [2.75, 3.05) is 45.0 Å². The second-order valence-electron chi connectivity index (χ2n) is 10.6. The van der Waals surface area contributed by atoms with Crippen LogP contribution in [0, 0.1) is 11.8 Å². The van der Waals surface area contributed by atoms with E-state index in [9.17, 15) is 17.6 Å². The van der Waals surface area contributed by atoms with Crippen LogP contribution in [0.25, 0.3) is 0 Å². The summed E-state index contributed by atoms with van der Waals surface area (Å²) in [4.78, 5) is 15.7. The Bertz CT molecular complexity index is 827. The van der Waals surface area contributed by atoms with E-state index in [0.717, 1.165) is 19.4 Å². The number of amides is 1. The quantitative estimate of drug-likeness (QED) is 0.308. The van der Waals surface area contributed by atoms with E-state index < -0.39 is 32.8 Å². The van der Waals surface area contributed by atoms with E-state index in [1.807, 2.05) is 0 Å². The predicted octanol–water partition coefficient (Wildman–Crippen LogP) is -1.64. The Balaban J connectivity index is 1.52. The lowest BCUT2D eigenvalue weighted by Crippen LogP contribution is -2.68. The number of hydrogen-bond donors (Lipinski definition) is 5. The van der Waals surface area contributed by atoms with Crippen LogP contribution < -0.4 is 27.1 Å². The molecule has 4 fully saturated rings. The molecular weight excluding hydrogens is 449 g/mol. The number of fused-ring (bicyclic) bond motifs is 1. The standard InChI is InChI=1S/C21H40FN7O3S/c1-4-5-13-8-24-10-15(17(13)28-6-7-33(31,32)21(2,3)12-28)26-20(30)16-18(23)27-29-11-14(22)9-25-19(16)29/h13-19,24-25,27H,4-12,23H2,1-3H3,(H,26,30). The molecule has 0 saturated carbocycles. The maximum Gasteiger partial charge on any atom is 0.229 e. The van der Waals surface area contributed by atoms with Gasteiger partial charge in [-0.3, -0.25) is 15.0 Å². The zero-order valence-electron chi connectivity index (χ0n) is 19.9. The summed E-state index contributed by atoms with van der Waals surface area (Å²) in [6.07, 6.45) is 0.0413. The molecule has 1 amide bonds. The van der Waals surface area contributed by atoms with Gasteiger partial charge in [-0.25, -0.2) is 23.2 Å². The zero-order chi connectivity index (χ0) is 24.0. The first-order valence-electron chi connectivity index (χ1n) is 12.2. The second-order valence-corrected chi connectivity index (χ2v) is 13.4. The molecule has 0 aliphatic carbocycles. The third-order valence-corrected chi connectivity index (χ3v) is 10.3. The van der Waals surface area contributed by atoms with E-state index in [1.54, 1.807) is 18.9 Å². The number of piperidine rings is 1. The number of nitrogens with zero attached hydrogens (tertiary/aromatic N) is 2. The van der Waals surface area contributed by atoms with Crippen molar-refractivity contribution in [1.29, 1.82) is 0 Å². The van der Waals surface area contributed by atoms with Crippen molar-refractivity contribution < 1.29 is 17.6 Å². The fraction of sp³-hybridized carbons (Fsp3) is 0.952. The van der Waals surface area contributed by atoms with Crippen LogP contribution in [0.5, 0.6) is 0 Å². The number of hydrogen-bond acceptors (Lipinski definition) is 9. The summed E-state index contributed by atoms with van der Waals surface area (Å²) in [6.45, 7) is 8.51. The number of carbonyl (C=O) groups excluding carboxylic acids is 1. The summed E-state index contributed by atoms with van der Waals surface area (Å²) in [5, 5.41) is 11.5. The van der Waals surface area contributed by atoms with Crippen LogP contribution in [0.2, 0.25) is 0 Å². The lowest BCUT2D eigenvalue weighted by molar-refractivity contribution is -0.128. The van der Waals surface area contributed by atoms with Crippen LogP contribution in [0.15, 0.2) is 0 Å². The van der Waals surface area contributed by atoms with Gasteiger partial charge in [-0.15, -0.1) is 0 Å². The summed E-state index contributed by atoms with van der Waals surface area (Å²) >= 11 is 0. The minimum Gasteiger partial charge on any atom is -0.350 e. The maximum atomic E-state index is 13.8. The van der Waals surface area contributed by atoms with Crippen molar-refractivity contribution in [3.63, 3.8) is 0 Å². The van der Waals surface area contributed by atoms with Crippen molar-refractivity contribution in [3.8, 4) is 0 Å². The predicted molar refractivity (Wildman–Crippen MR) is 124 cm³/mol. The van der Waals surface area contributed by atoms with Crippen molar-refractivity contribution >= 4 is 15.7 Å². The average Bonchev–Trinajstić information content (AvgIpc) is 3.05. The molecule has 4 rings (SSSR count). The average molecular weight is 490 g/mol. The number of hydrazine groups is 1. The van der Waals surface area contributed by atoms with E-state index >= 15 is 0 Å². The molecule has 4 aliphatic heterocycles. The largest absolute Gasteiger partial charge is 0.350 e. The van der Waals surface area contributed by atoms with Gasteiger partial charge in [0.05, 0.1) is 34.8 Å². The summed E-state index contributed by atoms with van der Waals surface area (Å²) < 4.78 is 38.2. The van der Waals surface area contributed by atoms with Gasteiger partial charge in [0.25, 0.3) is 0 Å². The number of sulfone groups is 1. The number of alkyl halides is 1. The number of halogens is 1. The zero-order valence-corrected chi connectivity index (χ0v) is 20.7. The molecule has 0 aromatic carbocycles. The molecule has 190 valence electrons. The Kier molecular flexibility index (Phi) is 7.36. The van der Waals surface area contributed by atoms with E-state index in [0.29, 0.717) is 25.6 Å². The molecule has 4 heterocycles. The van der Waals surface area contributed by atoms with E-state index in [2.05, 4.69) is 33.2 Å². The topological polar surface area (TPSA) is 132 Å². The van der Waals surface area contributed by atoms with Crippen LogP contribution >= 0.6 is 0 Å². The van der Waals surface area contributed by atoms with E-state index in [4.69, 9.17) is 5.73 Å². The molecule has 0 aromatic heterocycles. The van der Waals surface area contributed by atoms with Crippen molar-refractivity contribution in [2.24, 2.45) is 17.6 Å². The SMILES string of the molecule is CCCC1CNCC(NC(=O)C2C(N)NN3CC(F)CNC23)C1N1CCS(=O)(=O)C(C)(C)C1. The lowest BCUT2D eigenvalue weighted by Gasteiger charge is -2.49. The van der Waals surface area contributed by atoms with Gasteiger partial charge in [0.2, 0.25) is 5.91 Å². The number of rotatable bonds is 5. The van der Waals surface area contributed by atoms with E-state index in [1.165, 1.54) is 0 Å². The Labute approximate surface area is 196 Å². The molecule has 0 bridgehead atoms. The number of nitrogens with two attached hydrogens (primary N) is 1. The molecule has 7 unspecified atom stereocenters. The van der Waals surface area contributed by atoms with Gasteiger partial charge >= 0.3 is 0 Å². The van der Waals surface area contributed by atoms with Gasteiger partial charge in [0.15, 0.2) is 9.84 Å². The van der Waals surface area contributed by atoms with Gasteiger partial charge in [-0.05, 0) is 32.7 Å². The normalized spacial score (nSPS) is 41.4. The first-order valence-corrected chi connectivity index (χ1v) is 13.8. The highest BCUT2D eigenvalue weighted by molar-refractivity contribution is 7.92. The summed E-state index contributed by atoms with van der Waals surface area (Å²) in [7, 11) is -3.15. The fourth-order valence-electron chi connectivity index (χ4n) is 6.02. The monoisotopic (exact) mass is 489 g/mol. The smallest absolute Gasteiger partial charge is 0.229 e. The van der Waals surface area contributed by atoms with Crippen LogP contribution in [0.1, 0.15) is 33.6 Å². The van der Waals surface area contributed by atoms with Gasteiger partial charge < -0.3 is 16.4 Å². The minimum absolute atomic E-state index is 0.0427. The maximum absolute atomic E-state index is 13.8. The molecule has 4 aliphatic rings. The molecule has 0 spiro atoms. The van der Waals surface area contributed by atoms with Gasteiger partial charge in [0, 0.05) is 38.8 Å². The van der Waals surface area contributed by atoms with Gasteiger partial charge in [-0.1, -0.05) is 13.3 Å². The van der Waals surface area contributed by atoms with E-state index in [-0.39, 0.29) is 43.0 Å². The van der Waals surface area contributed by atoms with Gasteiger partial charge in [0.1, 0.15) is 6.17 Å². The lowest BCUT2D eigenvalue weighted by atomic mass is 9.84. The Morgan fingerprint density at radius 2 is 2.03 bits per heavy atom. The highest BCUT2D eigenvalue weighted by Gasteiger charge is 2.50. The summed E-state index contributed by atoms with van der Waals surface area (Å²) in [6, 6.07) is -0.126. The molecule has 10 nitrogen and oxygen atoms in total. The van der Waals surface area contributed by atoms with Crippen molar-refractivity contribution in [2.45, 2.75) is 68.9 Å². The van der Waals surface area contributed by atoms with Crippen LogP contribution in [-0.2, 0) is 14.6 Å². The third-order valence-electron chi connectivity index (χ3n) is 7.77. The molecule has 0 aromatic rings. The Morgan fingerprint density at radius 3 is 2.73 bits per heavy atom. The molecule has 4 saturated heterocycles. The van der Waals surface area contributed by atoms with Crippen LogP contribution in [-0.4, -0.2) is 105 Å². The summed E-state index contributed by atoms with van der Waals surface area (Å²) in [5.41, 5.74) is 9.27. The Hall–Kier alpha value is -0.890. The molecule has 12 heteroatoms. The number of nitrogens with one attached hydrogen (secondary N) is 4. The summed E-state index contributed by atoms with van der Waals surface area (Å²) in [5.74, 6) is -0.280. The third kappa shape index (κ3) is 4.93. The molecule has 7 atom stereocenters. The first-order chi connectivity index (χ1) is 15.5. The molecule has 6 N–H and O–H groups in total. The highest BCUT2D eigenvalue weighted by atomic mass is 32.2. The second kappa shape index (κ2) is 9.63. The van der Waals surface area contributed by atoms with Gasteiger partial charge in [-0.2, -0.15) is 0 Å². The van der Waals surface area contributed by atoms with Crippen LogP contribution in [0.3, 0.4) is 0 Å². The molecule has 33 heavy (non-hydrogen) atoms. The number of carbonyl (C=O) groups is 1. The van der Waals surface area contributed by atoms with Crippen LogP contribution in [0.4, 0.5) is 4.39 Å². The first kappa shape index (κ1) is 25.2. The highest BCUT2D eigenvalue weighted by Crippen LogP contribution is 2.31.